The minimum absolute atomic E-state index is 0.169. The Bertz CT molecular complexity index is 485. The summed E-state index contributed by atoms with van der Waals surface area (Å²) < 4.78 is 5.71. The maximum atomic E-state index is 11.8. The van der Waals surface area contributed by atoms with Gasteiger partial charge in [-0.3, -0.25) is 9.88 Å². The Morgan fingerprint density at radius 3 is 2.82 bits per heavy atom. The number of hydrogen-bond donors (Lipinski definition) is 2. The fraction of sp³-hybridized carbons (Fsp3) is 0.625. The lowest BCUT2D eigenvalue weighted by atomic mass is 10.2. The third-order valence-corrected chi connectivity index (χ3v) is 3.70. The first-order valence-electron chi connectivity index (χ1n) is 7.88. The Balaban J connectivity index is 1.64. The van der Waals surface area contributed by atoms with Gasteiger partial charge in [-0.05, 0) is 38.8 Å². The lowest BCUT2D eigenvalue weighted by Crippen LogP contribution is -2.46. The summed E-state index contributed by atoms with van der Waals surface area (Å²) in [6.45, 7) is 9.70. The molecule has 6 heteroatoms. The van der Waals surface area contributed by atoms with Crippen LogP contribution in [-0.4, -0.2) is 54.3 Å². The standard InChI is InChI=1S/C16H26N4O2/c1-12-9-17-7-5-15(12)19-16(21)18-6-4-8-20-10-13(2)22-14(3)11-20/h5,7,9,13-14H,4,6,8,10-11H2,1-3H3,(H2,17,18,19,21)/t13-,14+. The first kappa shape index (κ1) is 16.7. The molecule has 2 atom stereocenters. The van der Waals surface area contributed by atoms with Gasteiger partial charge in [0.1, 0.15) is 0 Å². The highest BCUT2D eigenvalue weighted by Crippen LogP contribution is 2.11. The molecule has 122 valence electrons. The van der Waals surface area contributed by atoms with Gasteiger partial charge in [0.25, 0.3) is 0 Å². The maximum Gasteiger partial charge on any atom is 0.319 e. The molecule has 6 nitrogen and oxygen atoms in total. The normalized spacial score (nSPS) is 22.3. The number of rotatable bonds is 5. The van der Waals surface area contributed by atoms with Crippen molar-refractivity contribution in [3.05, 3.63) is 24.0 Å². The fourth-order valence-electron chi connectivity index (χ4n) is 2.75. The van der Waals surface area contributed by atoms with Crippen LogP contribution in [0.25, 0.3) is 0 Å². The highest BCUT2D eigenvalue weighted by Gasteiger charge is 2.21. The summed E-state index contributed by atoms with van der Waals surface area (Å²) in [6.07, 6.45) is 4.91. The zero-order chi connectivity index (χ0) is 15.9. The van der Waals surface area contributed by atoms with E-state index in [2.05, 4.69) is 34.4 Å². The van der Waals surface area contributed by atoms with E-state index >= 15 is 0 Å². The van der Waals surface area contributed by atoms with Crippen LogP contribution in [0.1, 0.15) is 25.8 Å². The van der Waals surface area contributed by atoms with Crippen molar-refractivity contribution < 1.29 is 9.53 Å². The van der Waals surface area contributed by atoms with Gasteiger partial charge in [-0.25, -0.2) is 4.79 Å². The monoisotopic (exact) mass is 306 g/mol. The van der Waals surface area contributed by atoms with E-state index in [0.717, 1.165) is 37.3 Å². The predicted octanol–water partition coefficient (Wildman–Crippen LogP) is 2.01. The largest absolute Gasteiger partial charge is 0.373 e. The fourth-order valence-corrected chi connectivity index (χ4v) is 2.75. The van der Waals surface area contributed by atoms with Crippen molar-refractivity contribution in [3.8, 4) is 0 Å². The van der Waals surface area contributed by atoms with Crippen LogP contribution >= 0.6 is 0 Å². The van der Waals surface area contributed by atoms with Crippen molar-refractivity contribution in [2.75, 3.05) is 31.5 Å². The van der Waals surface area contributed by atoms with E-state index in [1.54, 1.807) is 18.5 Å². The van der Waals surface area contributed by atoms with Gasteiger partial charge in [-0.15, -0.1) is 0 Å². The van der Waals surface area contributed by atoms with Crippen LogP contribution in [0.15, 0.2) is 18.5 Å². The molecule has 1 aliphatic heterocycles. The van der Waals surface area contributed by atoms with Crippen LogP contribution in [0.3, 0.4) is 0 Å². The van der Waals surface area contributed by atoms with Crippen LogP contribution in [0.4, 0.5) is 10.5 Å². The van der Waals surface area contributed by atoms with Gasteiger partial charge in [0.2, 0.25) is 0 Å². The number of hydrogen-bond acceptors (Lipinski definition) is 4. The minimum atomic E-state index is -0.169. The summed E-state index contributed by atoms with van der Waals surface area (Å²) in [7, 11) is 0. The lowest BCUT2D eigenvalue weighted by molar-refractivity contribution is -0.0679. The van der Waals surface area contributed by atoms with Crippen LogP contribution < -0.4 is 10.6 Å². The average molecular weight is 306 g/mol. The first-order valence-corrected chi connectivity index (χ1v) is 7.88. The van der Waals surface area contributed by atoms with Crippen molar-refractivity contribution in [1.29, 1.82) is 0 Å². The molecule has 0 aliphatic carbocycles. The lowest BCUT2D eigenvalue weighted by Gasteiger charge is -2.35. The number of morpholine rings is 1. The van der Waals surface area contributed by atoms with E-state index < -0.39 is 0 Å². The van der Waals surface area contributed by atoms with Gasteiger partial charge >= 0.3 is 6.03 Å². The molecule has 0 saturated carbocycles. The molecule has 2 heterocycles. The molecule has 2 rings (SSSR count). The number of amides is 2. The number of urea groups is 1. The number of aromatic nitrogens is 1. The van der Waals surface area contributed by atoms with Crippen LogP contribution in [0.2, 0.25) is 0 Å². The SMILES string of the molecule is Cc1cnccc1NC(=O)NCCCN1C[C@@H](C)O[C@@H](C)C1. The molecule has 2 amide bonds. The highest BCUT2D eigenvalue weighted by atomic mass is 16.5. The summed E-state index contributed by atoms with van der Waals surface area (Å²) in [5, 5.41) is 5.73. The van der Waals surface area contributed by atoms with Crippen molar-refractivity contribution in [2.24, 2.45) is 0 Å². The van der Waals surface area contributed by atoms with E-state index in [9.17, 15) is 4.79 Å². The van der Waals surface area contributed by atoms with E-state index in [1.807, 2.05) is 6.92 Å². The number of anilines is 1. The second-order valence-corrected chi connectivity index (χ2v) is 5.94. The van der Waals surface area contributed by atoms with Crippen molar-refractivity contribution in [1.82, 2.24) is 15.2 Å². The molecule has 1 aromatic rings. The summed E-state index contributed by atoms with van der Waals surface area (Å²) in [5.74, 6) is 0. The number of carbonyl (C=O) groups excluding carboxylic acids is 1. The van der Waals surface area contributed by atoms with E-state index in [-0.39, 0.29) is 18.2 Å². The molecule has 1 fully saturated rings. The first-order chi connectivity index (χ1) is 10.5. The average Bonchev–Trinajstić information content (AvgIpc) is 2.45. The van der Waals surface area contributed by atoms with Gasteiger partial charge in [0.15, 0.2) is 0 Å². The predicted molar refractivity (Wildman–Crippen MR) is 87.1 cm³/mol. The number of aryl methyl sites for hydroxylation is 1. The smallest absolute Gasteiger partial charge is 0.319 e. The van der Waals surface area contributed by atoms with Crippen LogP contribution in [-0.2, 0) is 4.74 Å². The second kappa shape index (κ2) is 8.10. The van der Waals surface area contributed by atoms with E-state index in [0.29, 0.717) is 6.54 Å². The van der Waals surface area contributed by atoms with Crippen LogP contribution in [0, 0.1) is 6.92 Å². The van der Waals surface area contributed by atoms with Gasteiger partial charge < -0.3 is 15.4 Å². The van der Waals surface area contributed by atoms with Gasteiger partial charge in [0, 0.05) is 44.3 Å². The molecule has 0 radical (unpaired) electrons. The van der Waals surface area contributed by atoms with Crippen molar-refractivity contribution >= 4 is 11.7 Å². The highest BCUT2D eigenvalue weighted by molar-refractivity contribution is 5.89. The topological polar surface area (TPSA) is 66.5 Å². The third kappa shape index (κ3) is 5.27. The number of pyridine rings is 1. The Kier molecular flexibility index (Phi) is 6.15. The van der Waals surface area contributed by atoms with Gasteiger partial charge in [0.05, 0.1) is 12.2 Å². The Labute approximate surface area is 132 Å². The molecular formula is C16H26N4O2. The van der Waals surface area contributed by atoms with Crippen molar-refractivity contribution in [2.45, 2.75) is 39.4 Å². The summed E-state index contributed by atoms with van der Waals surface area (Å²) >= 11 is 0. The molecule has 0 bridgehead atoms. The zero-order valence-corrected chi connectivity index (χ0v) is 13.6. The second-order valence-electron chi connectivity index (χ2n) is 5.94. The van der Waals surface area contributed by atoms with E-state index in [1.165, 1.54) is 0 Å². The zero-order valence-electron chi connectivity index (χ0n) is 13.6. The van der Waals surface area contributed by atoms with Crippen molar-refractivity contribution in [3.63, 3.8) is 0 Å². The summed E-state index contributed by atoms with van der Waals surface area (Å²) in [5.41, 5.74) is 1.75. The Morgan fingerprint density at radius 1 is 1.41 bits per heavy atom. The summed E-state index contributed by atoms with van der Waals surface area (Å²) in [6, 6.07) is 1.63. The minimum Gasteiger partial charge on any atom is -0.373 e. The number of nitrogens with one attached hydrogen (secondary N) is 2. The third-order valence-electron chi connectivity index (χ3n) is 3.70. The maximum absolute atomic E-state index is 11.8. The molecule has 0 aromatic carbocycles. The number of ether oxygens (including phenoxy) is 1. The Morgan fingerprint density at radius 2 is 2.14 bits per heavy atom. The molecule has 0 unspecified atom stereocenters. The number of nitrogens with zero attached hydrogens (tertiary/aromatic N) is 2. The van der Waals surface area contributed by atoms with Gasteiger partial charge in [-0.2, -0.15) is 0 Å². The van der Waals surface area contributed by atoms with Gasteiger partial charge in [-0.1, -0.05) is 0 Å². The molecule has 1 saturated heterocycles. The molecule has 0 spiro atoms. The quantitative estimate of drug-likeness (QED) is 0.817. The number of carbonyl (C=O) groups is 1. The summed E-state index contributed by atoms with van der Waals surface area (Å²) in [4.78, 5) is 18.2. The molecule has 1 aliphatic rings. The van der Waals surface area contributed by atoms with Crippen LogP contribution in [0.5, 0.6) is 0 Å². The van der Waals surface area contributed by atoms with E-state index in [4.69, 9.17) is 4.74 Å². The Hall–Kier alpha value is -1.66. The molecular weight excluding hydrogens is 280 g/mol. The molecule has 2 N–H and O–H groups in total. The molecule has 1 aromatic heterocycles. The molecule has 22 heavy (non-hydrogen) atoms.